The molecule has 0 unspecified atom stereocenters. The summed E-state index contributed by atoms with van der Waals surface area (Å²) in [4.78, 5) is 13.1. The van der Waals surface area contributed by atoms with Crippen molar-refractivity contribution in [3.8, 4) is 0 Å². The number of carbonyl (C=O) groups excluding carboxylic acids is 1. The summed E-state index contributed by atoms with van der Waals surface area (Å²) in [5.74, 6) is 0.755. The fourth-order valence-electron chi connectivity index (χ4n) is 1.86. The highest BCUT2D eigenvalue weighted by Gasteiger charge is 2.06. The Morgan fingerprint density at radius 2 is 2.05 bits per heavy atom. The average molecular weight is 365 g/mol. The highest BCUT2D eigenvalue weighted by Crippen LogP contribution is 2.27. The summed E-state index contributed by atoms with van der Waals surface area (Å²) in [6, 6.07) is 13.5. The molecule has 0 atom stereocenters. The monoisotopic (exact) mass is 364 g/mol. The first-order valence-electron chi connectivity index (χ1n) is 6.59. The van der Waals surface area contributed by atoms with Gasteiger partial charge in [-0.15, -0.1) is 11.8 Å². The van der Waals surface area contributed by atoms with Crippen LogP contribution in [-0.2, 0) is 4.79 Å². The lowest BCUT2D eigenvalue weighted by atomic mass is 10.2. The summed E-state index contributed by atoms with van der Waals surface area (Å²) in [5, 5.41) is 2.92. The predicted molar refractivity (Wildman–Crippen MR) is 93.7 cm³/mol. The number of anilines is 2. The number of carbonyl (C=O) groups is 1. The largest absolute Gasteiger partial charge is 0.399 e. The standard InChI is InChI=1S/C16H17BrN2OS/c1-11-10-12(18)6-7-14(11)19-16(20)8-9-21-15-5-3-2-4-13(15)17/h2-7,10H,8-9,18H2,1H3,(H,19,20). The molecular formula is C16H17BrN2OS. The fraction of sp³-hybridized carbons (Fsp3) is 0.188. The first kappa shape index (κ1) is 15.9. The van der Waals surface area contributed by atoms with Crippen molar-refractivity contribution < 1.29 is 4.79 Å². The number of benzene rings is 2. The Bertz CT molecular complexity index is 646. The second-order valence-electron chi connectivity index (χ2n) is 4.65. The maximum atomic E-state index is 12.0. The molecular weight excluding hydrogens is 348 g/mol. The maximum absolute atomic E-state index is 12.0. The quantitative estimate of drug-likeness (QED) is 0.608. The molecule has 21 heavy (non-hydrogen) atoms. The molecule has 2 rings (SSSR count). The zero-order valence-corrected chi connectivity index (χ0v) is 14.1. The molecule has 0 heterocycles. The maximum Gasteiger partial charge on any atom is 0.225 e. The molecule has 0 spiro atoms. The van der Waals surface area contributed by atoms with E-state index >= 15 is 0 Å². The molecule has 0 bridgehead atoms. The van der Waals surface area contributed by atoms with Gasteiger partial charge in [0.05, 0.1) is 0 Å². The van der Waals surface area contributed by atoms with Gasteiger partial charge in [0, 0.05) is 32.9 Å². The minimum absolute atomic E-state index is 0.0161. The number of hydrogen-bond donors (Lipinski definition) is 2. The Labute approximate surface area is 137 Å². The zero-order chi connectivity index (χ0) is 15.2. The van der Waals surface area contributed by atoms with E-state index in [0.717, 1.165) is 26.4 Å². The van der Waals surface area contributed by atoms with Crippen LogP contribution in [0.3, 0.4) is 0 Å². The van der Waals surface area contributed by atoms with Crippen molar-refractivity contribution in [2.75, 3.05) is 16.8 Å². The third-order valence-corrected chi connectivity index (χ3v) is 4.98. The lowest BCUT2D eigenvalue weighted by Crippen LogP contribution is -2.13. The van der Waals surface area contributed by atoms with E-state index in [9.17, 15) is 4.79 Å². The van der Waals surface area contributed by atoms with Crippen molar-refractivity contribution in [1.29, 1.82) is 0 Å². The predicted octanol–water partition coefficient (Wildman–Crippen LogP) is 4.46. The normalized spacial score (nSPS) is 10.4. The van der Waals surface area contributed by atoms with E-state index in [-0.39, 0.29) is 5.91 Å². The van der Waals surface area contributed by atoms with Gasteiger partial charge in [0.15, 0.2) is 0 Å². The number of nitrogen functional groups attached to an aromatic ring is 1. The first-order valence-corrected chi connectivity index (χ1v) is 8.37. The molecule has 3 nitrogen and oxygen atoms in total. The van der Waals surface area contributed by atoms with E-state index in [1.54, 1.807) is 17.8 Å². The minimum Gasteiger partial charge on any atom is -0.399 e. The van der Waals surface area contributed by atoms with Crippen LogP contribution in [0.15, 0.2) is 51.8 Å². The van der Waals surface area contributed by atoms with E-state index in [1.165, 1.54) is 0 Å². The summed E-state index contributed by atoms with van der Waals surface area (Å²) >= 11 is 5.17. The highest BCUT2D eigenvalue weighted by molar-refractivity contribution is 9.10. The van der Waals surface area contributed by atoms with Gasteiger partial charge in [-0.1, -0.05) is 12.1 Å². The number of hydrogen-bond acceptors (Lipinski definition) is 3. The van der Waals surface area contributed by atoms with Crippen molar-refractivity contribution >= 4 is 45.0 Å². The number of halogens is 1. The van der Waals surface area contributed by atoms with Crippen LogP contribution in [0.5, 0.6) is 0 Å². The number of thioether (sulfide) groups is 1. The molecule has 0 fully saturated rings. The van der Waals surface area contributed by atoms with Gasteiger partial charge in [-0.2, -0.15) is 0 Å². The highest BCUT2D eigenvalue weighted by atomic mass is 79.9. The van der Waals surface area contributed by atoms with Crippen molar-refractivity contribution in [2.24, 2.45) is 0 Å². The summed E-state index contributed by atoms with van der Waals surface area (Å²) in [5.41, 5.74) is 8.19. The second kappa shape index (κ2) is 7.52. The van der Waals surface area contributed by atoms with Gasteiger partial charge < -0.3 is 11.1 Å². The lowest BCUT2D eigenvalue weighted by molar-refractivity contribution is -0.115. The number of aryl methyl sites for hydroxylation is 1. The van der Waals surface area contributed by atoms with Crippen LogP contribution in [0, 0.1) is 6.92 Å². The molecule has 0 aliphatic heterocycles. The summed E-state index contributed by atoms with van der Waals surface area (Å²) in [6.07, 6.45) is 0.468. The number of nitrogens with two attached hydrogens (primary N) is 1. The van der Waals surface area contributed by atoms with Crippen LogP contribution >= 0.6 is 27.7 Å². The van der Waals surface area contributed by atoms with Gasteiger partial charge in [0.25, 0.3) is 0 Å². The molecule has 0 saturated heterocycles. The Balaban J connectivity index is 1.84. The third kappa shape index (κ3) is 4.79. The molecule has 3 N–H and O–H groups in total. The molecule has 1 amide bonds. The molecule has 2 aromatic carbocycles. The second-order valence-corrected chi connectivity index (χ2v) is 6.64. The van der Waals surface area contributed by atoms with Gasteiger partial charge in [-0.05, 0) is 58.7 Å². The van der Waals surface area contributed by atoms with Crippen LogP contribution in [0.1, 0.15) is 12.0 Å². The van der Waals surface area contributed by atoms with E-state index in [1.807, 2.05) is 43.3 Å². The molecule has 110 valence electrons. The van der Waals surface area contributed by atoms with Gasteiger partial charge in [-0.25, -0.2) is 0 Å². The van der Waals surface area contributed by atoms with E-state index in [4.69, 9.17) is 5.73 Å². The Hall–Kier alpha value is -1.46. The Morgan fingerprint density at radius 3 is 2.76 bits per heavy atom. The number of rotatable bonds is 5. The molecule has 5 heteroatoms. The van der Waals surface area contributed by atoms with Crippen LogP contribution in [0.2, 0.25) is 0 Å². The minimum atomic E-state index is 0.0161. The topological polar surface area (TPSA) is 55.1 Å². The van der Waals surface area contributed by atoms with Gasteiger partial charge in [0.2, 0.25) is 5.91 Å². The lowest BCUT2D eigenvalue weighted by Gasteiger charge is -2.09. The zero-order valence-electron chi connectivity index (χ0n) is 11.7. The van der Waals surface area contributed by atoms with Crippen LogP contribution in [-0.4, -0.2) is 11.7 Å². The summed E-state index contributed by atoms with van der Waals surface area (Å²) in [7, 11) is 0. The van der Waals surface area contributed by atoms with E-state index < -0.39 is 0 Å². The average Bonchev–Trinajstić information content (AvgIpc) is 2.44. The van der Waals surface area contributed by atoms with Crippen molar-refractivity contribution in [3.05, 3.63) is 52.5 Å². The van der Waals surface area contributed by atoms with Crippen molar-refractivity contribution in [2.45, 2.75) is 18.2 Å². The number of amides is 1. The SMILES string of the molecule is Cc1cc(N)ccc1NC(=O)CCSc1ccccc1Br. The van der Waals surface area contributed by atoms with Crippen molar-refractivity contribution in [3.63, 3.8) is 0 Å². The molecule has 0 aromatic heterocycles. The molecule has 0 aliphatic rings. The van der Waals surface area contributed by atoms with Gasteiger partial charge >= 0.3 is 0 Å². The van der Waals surface area contributed by atoms with Gasteiger partial charge in [0.1, 0.15) is 0 Å². The van der Waals surface area contributed by atoms with Crippen LogP contribution in [0.4, 0.5) is 11.4 Å². The van der Waals surface area contributed by atoms with Crippen LogP contribution < -0.4 is 11.1 Å². The smallest absolute Gasteiger partial charge is 0.225 e. The van der Waals surface area contributed by atoms with Crippen LogP contribution in [0.25, 0.3) is 0 Å². The number of nitrogens with one attached hydrogen (secondary N) is 1. The summed E-state index contributed by atoms with van der Waals surface area (Å²) < 4.78 is 1.06. The molecule has 2 aromatic rings. The summed E-state index contributed by atoms with van der Waals surface area (Å²) in [6.45, 7) is 1.93. The van der Waals surface area contributed by atoms with Gasteiger partial charge in [-0.3, -0.25) is 4.79 Å². The Kier molecular flexibility index (Phi) is 5.70. The molecule has 0 saturated carbocycles. The Morgan fingerprint density at radius 1 is 1.29 bits per heavy atom. The first-order chi connectivity index (χ1) is 10.1. The molecule has 0 aliphatic carbocycles. The van der Waals surface area contributed by atoms with Crippen molar-refractivity contribution in [1.82, 2.24) is 0 Å². The fourth-order valence-corrected chi connectivity index (χ4v) is 3.37. The molecule has 0 radical (unpaired) electrons. The van der Waals surface area contributed by atoms with E-state index in [0.29, 0.717) is 12.1 Å². The van der Waals surface area contributed by atoms with E-state index in [2.05, 4.69) is 21.2 Å². The third-order valence-electron chi connectivity index (χ3n) is 2.95.